The average molecular weight is 317 g/mol. The first-order chi connectivity index (χ1) is 10.6. The van der Waals surface area contributed by atoms with Gasteiger partial charge in [0.25, 0.3) is 0 Å². The predicted molar refractivity (Wildman–Crippen MR) is 83.9 cm³/mol. The lowest BCUT2D eigenvalue weighted by Gasteiger charge is -2.22. The molecule has 0 bridgehead atoms. The molecule has 1 fully saturated rings. The Hall–Kier alpha value is -0.690. The molecule has 130 valence electrons. The molecule has 0 radical (unpaired) electrons. The summed E-state index contributed by atoms with van der Waals surface area (Å²) in [4.78, 5) is 10.7. The Morgan fingerprint density at radius 2 is 1.86 bits per heavy atom. The molecule has 1 rings (SSSR count). The van der Waals surface area contributed by atoms with E-state index in [1.165, 1.54) is 0 Å². The van der Waals surface area contributed by atoms with Gasteiger partial charge in [-0.2, -0.15) is 0 Å². The highest BCUT2D eigenvalue weighted by Gasteiger charge is 2.43. The number of ether oxygens (including phenoxy) is 4. The van der Waals surface area contributed by atoms with E-state index in [4.69, 9.17) is 18.9 Å². The first-order valence-electron chi connectivity index (χ1n) is 8.13. The second kappa shape index (κ2) is 10.9. The van der Waals surface area contributed by atoms with Crippen molar-refractivity contribution in [3.63, 3.8) is 0 Å². The molecule has 0 unspecified atom stereocenters. The molecule has 22 heavy (non-hydrogen) atoms. The molecule has 1 saturated heterocycles. The molecular weight excluding hydrogens is 286 g/mol. The lowest BCUT2D eigenvalue weighted by molar-refractivity contribution is -0.118. The molecule has 1 aliphatic heterocycles. The molecule has 0 aromatic carbocycles. The van der Waals surface area contributed by atoms with Crippen LogP contribution in [-0.2, 0) is 23.7 Å². The number of hydrogen-bond donors (Lipinski definition) is 1. The highest BCUT2D eigenvalue weighted by molar-refractivity contribution is 5.72. The van der Waals surface area contributed by atoms with Gasteiger partial charge in [0, 0.05) is 34.3 Å². The van der Waals surface area contributed by atoms with E-state index in [0.717, 1.165) is 32.2 Å². The molecule has 1 N–H and O–H groups in total. The van der Waals surface area contributed by atoms with Crippen LogP contribution in [0.2, 0.25) is 0 Å². The molecule has 0 aliphatic carbocycles. The Labute approximate surface area is 133 Å². The van der Waals surface area contributed by atoms with Crippen molar-refractivity contribution in [3.8, 4) is 0 Å². The number of nitrogens with one attached hydrogen (secondary N) is 1. The van der Waals surface area contributed by atoms with E-state index in [9.17, 15) is 4.79 Å². The second-order valence-corrected chi connectivity index (χ2v) is 5.77. The maximum absolute atomic E-state index is 10.7. The van der Waals surface area contributed by atoms with Gasteiger partial charge < -0.3 is 24.3 Å². The summed E-state index contributed by atoms with van der Waals surface area (Å²) >= 11 is 0. The normalized spacial score (nSPS) is 28.0. The van der Waals surface area contributed by atoms with E-state index in [1.54, 1.807) is 21.1 Å². The fraction of sp³-hybridized carbons (Fsp3) is 0.938. The first-order valence-corrected chi connectivity index (χ1v) is 8.13. The molecule has 0 saturated carbocycles. The summed E-state index contributed by atoms with van der Waals surface area (Å²) in [6, 6.07) is 0. The van der Waals surface area contributed by atoms with Crippen molar-refractivity contribution in [2.75, 3.05) is 34.0 Å². The van der Waals surface area contributed by atoms with Crippen LogP contribution < -0.4 is 5.32 Å². The number of methoxy groups -OCH3 is 2. The topological polar surface area (TPSA) is 66.0 Å². The van der Waals surface area contributed by atoms with Gasteiger partial charge >= 0.3 is 0 Å². The summed E-state index contributed by atoms with van der Waals surface area (Å²) in [5.41, 5.74) is 0. The average Bonchev–Trinajstić information content (AvgIpc) is 2.77. The summed E-state index contributed by atoms with van der Waals surface area (Å²) in [7, 11) is 3.35. The molecule has 0 aromatic rings. The lowest BCUT2D eigenvalue weighted by Crippen LogP contribution is -2.37. The van der Waals surface area contributed by atoms with Crippen molar-refractivity contribution in [2.45, 2.75) is 63.9 Å². The molecule has 1 amide bonds. The highest BCUT2D eigenvalue weighted by atomic mass is 16.6. The maximum atomic E-state index is 10.7. The third kappa shape index (κ3) is 6.60. The van der Waals surface area contributed by atoms with Gasteiger partial charge in [-0.15, -0.1) is 0 Å². The van der Waals surface area contributed by atoms with E-state index < -0.39 is 0 Å². The van der Waals surface area contributed by atoms with Crippen LogP contribution in [0.25, 0.3) is 0 Å². The Bertz CT molecular complexity index is 313. The minimum atomic E-state index is -0.0743. The van der Waals surface area contributed by atoms with Crippen molar-refractivity contribution in [3.05, 3.63) is 0 Å². The molecule has 6 nitrogen and oxygen atoms in total. The lowest BCUT2D eigenvalue weighted by atomic mass is 10.1. The van der Waals surface area contributed by atoms with Crippen LogP contribution in [0.3, 0.4) is 0 Å². The van der Waals surface area contributed by atoms with Crippen LogP contribution in [0.5, 0.6) is 0 Å². The number of unbranched alkanes of at least 4 members (excludes halogenated alkanes) is 3. The van der Waals surface area contributed by atoms with Gasteiger partial charge in [0.2, 0.25) is 5.91 Å². The summed E-state index contributed by atoms with van der Waals surface area (Å²) < 4.78 is 22.5. The van der Waals surface area contributed by atoms with Crippen LogP contribution in [0.1, 0.15) is 39.5 Å². The fourth-order valence-electron chi connectivity index (χ4n) is 2.79. The van der Waals surface area contributed by atoms with Gasteiger partial charge in [-0.3, -0.25) is 4.79 Å². The minimum Gasteiger partial charge on any atom is -0.382 e. The van der Waals surface area contributed by atoms with E-state index in [-0.39, 0.29) is 30.3 Å². The molecule has 1 aliphatic rings. The van der Waals surface area contributed by atoms with Crippen molar-refractivity contribution >= 4 is 5.91 Å². The number of rotatable bonds is 11. The third-order valence-electron chi connectivity index (χ3n) is 3.90. The Morgan fingerprint density at radius 1 is 1.14 bits per heavy atom. The number of carbonyl (C=O) groups is 1. The van der Waals surface area contributed by atoms with Gasteiger partial charge in [-0.25, -0.2) is 0 Å². The van der Waals surface area contributed by atoms with Crippen molar-refractivity contribution in [1.29, 1.82) is 0 Å². The van der Waals surface area contributed by atoms with Crippen LogP contribution in [-0.4, -0.2) is 64.3 Å². The van der Waals surface area contributed by atoms with Gasteiger partial charge in [0.05, 0.1) is 12.7 Å². The largest absolute Gasteiger partial charge is 0.382 e. The Kier molecular flexibility index (Phi) is 9.63. The predicted octanol–water partition coefficient (Wildman–Crippen LogP) is 1.52. The molecule has 1 heterocycles. The zero-order chi connectivity index (χ0) is 16.4. The van der Waals surface area contributed by atoms with E-state index in [2.05, 4.69) is 5.32 Å². The summed E-state index contributed by atoms with van der Waals surface area (Å²) in [5, 5.41) is 2.80. The van der Waals surface area contributed by atoms with Crippen molar-refractivity contribution in [2.24, 2.45) is 0 Å². The van der Waals surface area contributed by atoms with Crippen molar-refractivity contribution < 1.29 is 23.7 Å². The third-order valence-corrected chi connectivity index (χ3v) is 3.90. The van der Waals surface area contributed by atoms with Gasteiger partial charge in [-0.1, -0.05) is 12.8 Å². The maximum Gasteiger partial charge on any atom is 0.216 e. The summed E-state index contributed by atoms with van der Waals surface area (Å²) in [6.07, 6.45) is 4.06. The van der Waals surface area contributed by atoms with E-state index in [1.807, 2.05) is 6.92 Å². The molecule has 6 heteroatoms. The zero-order valence-electron chi connectivity index (χ0n) is 14.3. The Morgan fingerprint density at radius 3 is 2.50 bits per heavy atom. The van der Waals surface area contributed by atoms with Gasteiger partial charge in [0.1, 0.15) is 18.3 Å². The first kappa shape index (κ1) is 19.4. The minimum absolute atomic E-state index is 0.0184. The number of carbonyl (C=O) groups excluding carboxylic acids is 1. The molecular formula is C16H31NO5. The smallest absolute Gasteiger partial charge is 0.216 e. The number of hydrogen-bond acceptors (Lipinski definition) is 5. The van der Waals surface area contributed by atoms with E-state index in [0.29, 0.717) is 13.2 Å². The van der Waals surface area contributed by atoms with Gasteiger partial charge in [0.15, 0.2) is 0 Å². The van der Waals surface area contributed by atoms with Crippen LogP contribution in [0.15, 0.2) is 0 Å². The Balaban J connectivity index is 2.14. The monoisotopic (exact) mass is 317 g/mol. The highest BCUT2D eigenvalue weighted by Crippen LogP contribution is 2.26. The SMILES string of the molecule is COC[C@H]1O[C@@H](C)[C@H](OCCCCCCNC(C)=O)[C@@H]1OC. The zero-order valence-corrected chi connectivity index (χ0v) is 14.3. The quantitative estimate of drug-likeness (QED) is 0.585. The van der Waals surface area contributed by atoms with Crippen LogP contribution in [0, 0.1) is 0 Å². The number of amides is 1. The van der Waals surface area contributed by atoms with Crippen LogP contribution >= 0.6 is 0 Å². The van der Waals surface area contributed by atoms with E-state index >= 15 is 0 Å². The molecule has 0 spiro atoms. The van der Waals surface area contributed by atoms with Crippen molar-refractivity contribution in [1.82, 2.24) is 5.32 Å². The van der Waals surface area contributed by atoms with Crippen LogP contribution in [0.4, 0.5) is 0 Å². The standard InChI is InChI=1S/C16H31NO5/c1-12-15(16(20-4)14(22-12)11-19-3)21-10-8-6-5-7-9-17-13(2)18/h12,14-16H,5-11H2,1-4H3,(H,17,18)/t12-,14+,15-,16+/m0/s1. The molecule has 0 aromatic heterocycles. The van der Waals surface area contributed by atoms with Gasteiger partial charge in [-0.05, 0) is 19.8 Å². The second-order valence-electron chi connectivity index (χ2n) is 5.77. The summed E-state index contributed by atoms with van der Waals surface area (Å²) in [5.74, 6) is 0.0368. The molecule has 4 atom stereocenters. The fourth-order valence-corrected chi connectivity index (χ4v) is 2.79. The summed E-state index contributed by atoms with van der Waals surface area (Å²) in [6.45, 7) is 5.54.